The van der Waals surface area contributed by atoms with E-state index in [4.69, 9.17) is 4.74 Å². The lowest BCUT2D eigenvalue weighted by Gasteiger charge is -2.31. The maximum absolute atomic E-state index is 11.4. The van der Waals surface area contributed by atoms with E-state index in [1.165, 1.54) is 0 Å². The van der Waals surface area contributed by atoms with Gasteiger partial charge in [-0.2, -0.15) is 0 Å². The molecule has 0 radical (unpaired) electrons. The van der Waals surface area contributed by atoms with E-state index in [1.807, 2.05) is 68.4 Å². The van der Waals surface area contributed by atoms with Gasteiger partial charge in [-0.25, -0.2) is 0 Å². The molecule has 0 fully saturated rings. The smallest absolute Gasteiger partial charge is 0.126 e. The van der Waals surface area contributed by atoms with Crippen LogP contribution in [0.2, 0.25) is 0 Å². The highest BCUT2D eigenvalue weighted by Crippen LogP contribution is 2.39. The lowest BCUT2D eigenvalue weighted by Crippen LogP contribution is -2.28. The molecule has 2 aromatic rings. The van der Waals surface area contributed by atoms with Crippen LogP contribution in [0.1, 0.15) is 44.7 Å². The summed E-state index contributed by atoms with van der Waals surface area (Å²) in [5.74, 6) is 0.757. The maximum atomic E-state index is 11.4. The van der Waals surface area contributed by atoms with Crippen molar-refractivity contribution in [3.8, 4) is 5.75 Å². The Balaban J connectivity index is 2.53. The van der Waals surface area contributed by atoms with Crippen molar-refractivity contribution in [2.45, 2.75) is 45.3 Å². The molecule has 0 aliphatic carbocycles. The molecule has 2 heteroatoms. The van der Waals surface area contributed by atoms with Gasteiger partial charge in [0.15, 0.2) is 0 Å². The zero-order valence-electron chi connectivity index (χ0n) is 13.0. The van der Waals surface area contributed by atoms with E-state index >= 15 is 0 Å². The van der Waals surface area contributed by atoms with E-state index in [0.29, 0.717) is 6.42 Å². The normalized spacial score (nSPS) is 14.0. The Kier molecular flexibility index (Phi) is 5.03. The van der Waals surface area contributed by atoms with E-state index in [9.17, 15) is 5.11 Å². The molecule has 21 heavy (non-hydrogen) atoms. The summed E-state index contributed by atoms with van der Waals surface area (Å²) >= 11 is 0. The van der Waals surface area contributed by atoms with Crippen molar-refractivity contribution in [2.24, 2.45) is 0 Å². The molecule has 0 bridgehead atoms. The Bertz CT molecular complexity index is 563. The van der Waals surface area contributed by atoms with Gasteiger partial charge in [-0.05, 0) is 31.9 Å². The van der Waals surface area contributed by atoms with Crippen LogP contribution in [0.4, 0.5) is 0 Å². The van der Waals surface area contributed by atoms with Crippen molar-refractivity contribution in [1.82, 2.24) is 0 Å². The van der Waals surface area contributed by atoms with Gasteiger partial charge in [0.05, 0.1) is 6.10 Å². The average molecular weight is 284 g/mol. The molecule has 1 unspecified atom stereocenters. The third kappa shape index (κ3) is 3.45. The van der Waals surface area contributed by atoms with Crippen LogP contribution in [0.25, 0.3) is 0 Å². The molecule has 2 nitrogen and oxygen atoms in total. The number of hydrogen-bond acceptors (Lipinski definition) is 2. The molecule has 112 valence electrons. The fourth-order valence-electron chi connectivity index (χ4n) is 2.68. The molecule has 0 amide bonds. The topological polar surface area (TPSA) is 29.5 Å². The van der Waals surface area contributed by atoms with Gasteiger partial charge in [0.25, 0.3) is 0 Å². The van der Waals surface area contributed by atoms with Crippen molar-refractivity contribution >= 4 is 0 Å². The standard InChI is InChI=1S/C19H24O2/c1-4-14-19(20,16-10-6-5-7-11-16)17-12-8-9-13-18(17)21-15(2)3/h5-13,15,20H,4,14H2,1-3H3. The Hall–Kier alpha value is -1.80. The molecule has 0 heterocycles. The van der Waals surface area contributed by atoms with Gasteiger partial charge in [0.2, 0.25) is 0 Å². The van der Waals surface area contributed by atoms with Crippen LogP contribution in [0.3, 0.4) is 0 Å². The molecule has 0 saturated carbocycles. The van der Waals surface area contributed by atoms with Crippen molar-refractivity contribution in [1.29, 1.82) is 0 Å². The van der Waals surface area contributed by atoms with Crippen molar-refractivity contribution in [3.05, 3.63) is 65.7 Å². The highest BCUT2D eigenvalue weighted by Gasteiger charge is 2.33. The average Bonchev–Trinajstić information content (AvgIpc) is 2.48. The fourth-order valence-corrected chi connectivity index (χ4v) is 2.68. The van der Waals surface area contributed by atoms with Gasteiger partial charge in [-0.1, -0.05) is 61.9 Å². The van der Waals surface area contributed by atoms with Crippen LogP contribution in [0.5, 0.6) is 5.75 Å². The highest BCUT2D eigenvalue weighted by molar-refractivity contribution is 5.44. The number of rotatable bonds is 6. The first-order chi connectivity index (χ1) is 10.1. The summed E-state index contributed by atoms with van der Waals surface area (Å²) in [6, 6.07) is 17.6. The molecule has 0 saturated heterocycles. The van der Waals surface area contributed by atoms with E-state index in [-0.39, 0.29) is 6.10 Å². The minimum atomic E-state index is -1.01. The second-order valence-electron chi connectivity index (χ2n) is 5.64. The number of benzene rings is 2. The molecule has 0 spiro atoms. The SMILES string of the molecule is CCCC(O)(c1ccccc1)c1ccccc1OC(C)C. The van der Waals surface area contributed by atoms with Crippen molar-refractivity contribution in [3.63, 3.8) is 0 Å². The van der Waals surface area contributed by atoms with E-state index in [0.717, 1.165) is 23.3 Å². The summed E-state index contributed by atoms with van der Waals surface area (Å²) < 4.78 is 5.90. The molecule has 1 N–H and O–H groups in total. The number of aliphatic hydroxyl groups is 1. The molecule has 0 aromatic heterocycles. The second-order valence-corrected chi connectivity index (χ2v) is 5.64. The monoisotopic (exact) mass is 284 g/mol. The quantitative estimate of drug-likeness (QED) is 0.845. The number of para-hydroxylation sites is 1. The molecular weight excluding hydrogens is 260 g/mol. The van der Waals surface area contributed by atoms with Gasteiger partial charge < -0.3 is 9.84 Å². The first-order valence-corrected chi connectivity index (χ1v) is 7.62. The predicted octanol–water partition coefficient (Wildman–Crippen LogP) is 4.51. The zero-order valence-corrected chi connectivity index (χ0v) is 13.0. The molecule has 2 rings (SSSR count). The Labute approximate surface area is 127 Å². The number of ether oxygens (including phenoxy) is 1. The minimum Gasteiger partial charge on any atom is -0.491 e. The lowest BCUT2D eigenvalue weighted by molar-refractivity contribution is 0.0652. The summed E-state index contributed by atoms with van der Waals surface area (Å²) in [6.07, 6.45) is 1.63. The maximum Gasteiger partial charge on any atom is 0.126 e. The first-order valence-electron chi connectivity index (χ1n) is 7.62. The highest BCUT2D eigenvalue weighted by atomic mass is 16.5. The van der Waals surface area contributed by atoms with Crippen LogP contribution in [-0.2, 0) is 5.60 Å². The van der Waals surface area contributed by atoms with Gasteiger partial charge >= 0.3 is 0 Å². The largest absolute Gasteiger partial charge is 0.491 e. The zero-order chi connectivity index (χ0) is 15.3. The Morgan fingerprint density at radius 3 is 2.24 bits per heavy atom. The summed E-state index contributed by atoms with van der Waals surface area (Å²) in [5.41, 5.74) is 0.736. The summed E-state index contributed by atoms with van der Waals surface area (Å²) in [6.45, 7) is 6.08. The van der Waals surface area contributed by atoms with Crippen molar-refractivity contribution in [2.75, 3.05) is 0 Å². The Morgan fingerprint density at radius 1 is 1.00 bits per heavy atom. The molecule has 0 aliphatic rings. The Morgan fingerprint density at radius 2 is 1.62 bits per heavy atom. The first kappa shape index (κ1) is 15.6. The fraction of sp³-hybridized carbons (Fsp3) is 0.368. The predicted molar refractivity (Wildman–Crippen MR) is 86.6 cm³/mol. The summed E-state index contributed by atoms with van der Waals surface area (Å²) in [7, 11) is 0. The van der Waals surface area contributed by atoms with Crippen LogP contribution >= 0.6 is 0 Å². The third-order valence-corrected chi connectivity index (χ3v) is 3.56. The van der Waals surface area contributed by atoms with Gasteiger partial charge in [0, 0.05) is 5.56 Å². The van der Waals surface area contributed by atoms with E-state index in [2.05, 4.69) is 6.92 Å². The van der Waals surface area contributed by atoms with E-state index in [1.54, 1.807) is 0 Å². The van der Waals surface area contributed by atoms with Crippen LogP contribution in [0.15, 0.2) is 54.6 Å². The van der Waals surface area contributed by atoms with Crippen molar-refractivity contribution < 1.29 is 9.84 Å². The molecule has 1 atom stereocenters. The molecule has 2 aromatic carbocycles. The van der Waals surface area contributed by atoms with Gasteiger partial charge in [-0.3, -0.25) is 0 Å². The second kappa shape index (κ2) is 6.77. The van der Waals surface area contributed by atoms with E-state index < -0.39 is 5.60 Å². The summed E-state index contributed by atoms with van der Waals surface area (Å²) in [5, 5.41) is 11.4. The van der Waals surface area contributed by atoms with Crippen LogP contribution in [0, 0.1) is 0 Å². The molecule has 0 aliphatic heterocycles. The number of hydrogen-bond donors (Lipinski definition) is 1. The minimum absolute atomic E-state index is 0.0767. The summed E-state index contributed by atoms with van der Waals surface area (Å²) in [4.78, 5) is 0. The van der Waals surface area contributed by atoms with Crippen LogP contribution < -0.4 is 4.74 Å². The van der Waals surface area contributed by atoms with Crippen LogP contribution in [-0.4, -0.2) is 11.2 Å². The van der Waals surface area contributed by atoms with Gasteiger partial charge in [-0.15, -0.1) is 0 Å². The van der Waals surface area contributed by atoms with Gasteiger partial charge in [0.1, 0.15) is 11.4 Å². The third-order valence-electron chi connectivity index (χ3n) is 3.56. The molecular formula is C19H24O2. The lowest BCUT2D eigenvalue weighted by atomic mass is 9.82.